The molecule has 0 spiro atoms. The maximum Gasteiger partial charge on any atom is 0.306 e. The molecule has 0 aliphatic carbocycles. The summed E-state index contributed by atoms with van der Waals surface area (Å²) in [6.07, 6.45) is 57.0. The molecule has 0 aromatic rings. The zero-order valence-corrected chi connectivity index (χ0v) is 39.0. The summed E-state index contributed by atoms with van der Waals surface area (Å²) in [5.41, 5.74) is 0. The Hall–Kier alpha value is -2.63. The highest BCUT2D eigenvalue weighted by molar-refractivity contribution is 5.71. The van der Waals surface area contributed by atoms with Gasteiger partial charge < -0.3 is 14.2 Å². The summed E-state index contributed by atoms with van der Waals surface area (Å²) in [7, 11) is 0. The van der Waals surface area contributed by atoms with Gasteiger partial charge in [-0.1, -0.05) is 198 Å². The molecule has 0 saturated carbocycles. The van der Waals surface area contributed by atoms with Gasteiger partial charge in [0.25, 0.3) is 0 Å². The number of hydrogen-bond acceptors (Lipinski definition) is 6. The van der Waals surface area contributed by atoms with E-state index in [0.717, 1.165) is 44.9 Å². The Labute approximate surface area is 365 Å². The number of ether oxygens (including phenoxy) is 3. The van der Waals surface area contributed by atoms with Crippen LogP contribution in [0.5, 0.6) is 0 Å². The van der Waals surface area contributed by atoms with Crippen LogP contribution in [0.2, 0.25) is 0 Å². The van der Waals surface area contributed by atoms with Crippen molar-refractivity contribution < 1.29 is 28.6 Å². The molecule has 6 heteroatoms. The fourth-order valence-electron chi connectivity index (χ4n) is 6.96. The maximum atomic E-state index is 12.7. The first-order valence-corrected chi connectivity index (χ1v) is 25.1. The van der Waals surface area contributed by atoms with Crippen LogP contribution in [0.4, 0.5) is 0 Å². The molecule has 0 rings (SSSR count). The third-order valence-electron chi connectivity index (χ3n) is 10.8. The second-order valence-corrected chi connectivity index (χ2v) is 16.7. The lowest BCUT2D eigenvalue weighted by atomic mass is 10.1. The molecule has 1 unspecified atom stereocenters. The van der Waals surface area contributed by atoms with E-state index in [-0.39, 0.29) is 37.5 Å². The molecule has 0 aliphatic heterocycles. The highest BCUT2D eigenvalue weighted by atomic mass is 16.6. The number of carbonyl (C=O) groups is 3. The van der Waals surface area contributed by atoms with Crippen LogP contribution in [0.3, 0.4) is 0 Å². The predicted octanol–water partition coefficient (Wildman–Crippen LogP) is 16.3. The van der Waals surface area contributed by atoms with Gasteiger partial charge in [0.2, 0.25) is 0 Å². The molecule has 0 aromatic carbocycles. The Morgan fingerprint density at radius 1 is 0.339 bits per heavy atom. The molecule has 0 aliphatic rings. The fourth-order valence-corrected chi connectivity index (χ4v) is 6.96. The fraction of sp³-hybridized carbons (Fsp3) is 0.792. The maximum absolute atomic E-state index is 12.7. The van der Waals surface area contributed by atoms with Crippen molar-refractivity contribution in [2.75, 3.05) is 13.2 Å². The van der Waals surface area contributed by atoms with Crippen molar-refractivity contribution in [2.45, 2.75) is 258 Å². The predicted molar refractivity (Wildman–Crippen MR) is 252 cm³/mol. The van der Waals surface area contributed by atoms with Crippen molar-refractivity contribution in [1.82, 2.24) is 0 Å². The summed E-state index contributed by atoms with van der Waals surface area (Å²) in [6.45, 7) is 6.52. The standard InChI is InChI=1S/C53H94O6/c1-4-7-10-13-16-19-21-23-24-25-26-27-28-30-31-34-37-40-43-46-52(55)58-49-50(48-57-51(54)45-42-39-36-33-18-15-12-9-6-3)59-53(56)47-44-41-38-35-32-29-22-20-17-14-11-8-5-2/h25-26,29,32-33,36,38,41,50H,4-24,27-28,30-31,34-35,37,39-40,42-49H2,1-3H3/b26-25-,32-29-,36-33-,41-38-. The van der Waals surface area contributed by atoms with Crippen LogP contribution < -0.4 is 0 Å². The summed E-state index contributed by atoms with van der Waals surface area (Å²) in [5, 5.41) is 0. The van der Waals surface area contributed by atoms with Gasteiger partial charge in [-0.3, -0.25) is 14.4 Å². The van der Waals surface area contributed by atoms with Crippen LogP contribution in [0.1, 0.15) is 252 Å². The molecule has 6 nitrogen and oxygen atoms in total. The zero-order chi connectivity index (χ0) is 43.0. The topological polar surface area (TPSA) is 78.9 Å². The van der Waals surface area contributed by atoms with E-state index in [1.54, 1.807) is 0 Å². The minimum atomic E-state index is -0.813. The van der Waals surface area contributed by atoms with E-state index in [0.29, 0.717) is 25.7 Å². The van der Waals surface area contributed by atoms with Crippen molar-refractivity contribution in [3.63, 3.8) is 0 Å². The van der Waals surface area contributed by atoms with Crippen molar-refractivity contribution in [2.24, 2.45) is 0 Å². The number of allylic oxidation sites excluding steroid dienone is 8. The van der Waals surface area contributed by atoms with E-state index in [2.05, 4.69) is 63.3 Å². The quantitative estimate of drug-likeness (QED) is 0.0263. The first-order chi connectivity index (χ1) is 29.0. The second kappa shape index (κ2) is 48.0. The Morgan fingerprint density at radius 2 is 0.661 bits per heavy atom. The third-order valence-corrected chi connectivity index (χ3v) is 10.8. The van der Waals surface area contributed by atoms with Gasteiger partial charge in [-0.2, -0.15) is 0 Å². The van der Waals surface area contributed by atoms with Gasteiger partial charge in [-0.05, 0) is 83.5 Å². The molecule has 0 fully saturated rings. The van der Waals surface area contributed by atoms with Crippen molar-refractivity contribution in [1.29, 1.82) is 0 Å². The van der Waals surface area contributed by atoms with Gasteiger partial charge in [0.05, 0.1) is 0 Å². The molecular formula is C53H94O6. The van der Waals surface area contributed by atoms with Crippen molar-refractivity contribution >= 4 is 17.9 Å². The van der Waals surface area contributed by atoms with Crippen LogP contribution in [0, 0.1) is 0 Å². The first kappa shape index (κ1) is 56.4. The summed E-state index contributed by atoms with van der Waals surface area (Å²) in [6, 6.07) is 0. The summed E-state index contributed by atoms with van der Waals surface area (Å²) in [4.78, 5) is 37.7. The molecule has 342 valence electrons. The molecule has 0 amide bonds. The summed E-state index contributed by atoms with van der Waals surface area (Å²) < 4.78 is 16.6. The van der Waals surface area contributed by atoms with E-state index in [9.17, 15) is 14.4 Å². The molecule has 0 saturated heterocycles. The Balaban J connectivity index is 4.36. The Morgan fingerprint density at radius 3 is 1.10 bits per heavy atom. The van der Waals surface area contributed by atoms with Gasteiger partial charge in [-0.15, -0.1) is 0 Å². The van der Waals surface area contributed by atoms with E-state index in [1.165, 1.54) is 154 Å². The van der Waals surface area contributed by atoms with Gasteiger partial charge in [-0.25, -0.2) is 0 Å². The van der Waals surface area contributed by atoms with Crippen LogP contribution in [0.15, 0.2) is 48.6 Å². The molecule has 0 N–H and O–H groups in total. The number of rotatable bonds is 45. The van der Waals surface area contributed by atoms with E-state index < -0.39 is 6.10 Å². The molecule has 1 atom stereocenters. The highest BCUT2D eigenvalue weighted by Crippen LogP contribution is 2.14. The minimum Gasteiger partial charge on any atom is -0.462 e. The molecule has 0 radical (unpaired) electrons. The van der Waals surface area contributed by atoms with Crippen LogP contribution >= 0.6 is 0 Å². The Kier molecular flexibility index (Phi) is 45.9. The average molecular weight is 827 g/mol. The first-order valence-electron chi connectivity index (χ1n) is 25.1. The lowest BCUT2D eigenvalue weighted by Gasteiger charge is -2.18. The highest BCUT2D eigenvalue weighted by Gasteiger charge is 2.19. The van der Waals surface area contributed by atoms with Crippen LogP contribution in [0.25, 0.3) is 0 Å². The SMILES string of the molecule is CCCCCC/C=C\CCCC(=O)OCC(COC(=O)CCCCCCCCC/C=C\CCCCCCCCCC)OC(=O)CC/C=C\C/C=C\CCCCCCCC. The van der Waals surface area contributed by atoms with E-state index in [1.807, 2.05) is 6.08 Å². The van der Waals surface area contributed by atoms with Gasteiger partial charge >= 0.3 is 17.9 Å². The van der Waals surface area contributed by atoms with Crippen LogP contribution in [-0.4, -0.2) is 37.2 Å². The summed E-state index contributed by atoms with van der Waals surface area (Å²) in [5.74, 6) is -1.01. The normalized spacial score (nSPS) is 12.4. The minimum absolute atomic E-state index is 0.106. The third kappa shape index (κ3) is 46.3. The molecular weight excluding hydrogens is 733 g/mol. The number of carbonyl (C=O) groups excluding carboxylic acids is 3. The van der Waals surface area contributed by atoms with Gasteiger partial charge in [0, 0.05) is 19.3 Å². The second-order valence-electron chi connectivity index (χ2n) is 16.7. The lowest BCUT2D eigenvalue weighted by Crippen LogP contribution is -2.30. The zero-order valence-electron chi connectivity index (χ0n) is 39.0. The molecule has 0 bridgehead atoms. The lowest BCUT2D eigenvalue weighted by molar-refractivity contribution is -0.166. The molecule has 0 aromatic heterocycles. The number of esters is 3. The smallest absolute Gasteiger partial charge is 0.306 e. The van der Waals surface area contributed by atoms with Gasteiger partial charge in [0.1, 0.15) is 13.2 Å². The summed E-state index contributed by atoms with van der Waals surface area (Å²) >= 11 is 0. The average Bonchev–Trinajstić information content (AvgIpc) is 3.23. The van der Waals surface area contributed by atoms with Crippen molar-refractivity contribution in [3.8, 4) is 0 Å². The largest absolute Gasteiger partial charge is 0.462 e. The monoisotopic (exact) mass is 827 g/mol. The number of hydrogen-bond donors (Lipinski definition) is 0. The molecule has 59 heavy (non-hydrogen) atoms. The Bertz CT molecular complexity index is 1040. The van der Waals surface area contributed by atoms with E-state index >= 15 is 0 Å². The van der Waals surface area contributed by atoms with E-state index in [4.69, 9.17) is 14.2 Å². The van der Waals surface area contributed by atoms with Gasteiger partial charge in [0.15, 0.2) is 6.10 Å². The van der Waals surface area contributed by atoms with Crippen LogP contribution in [-0.2, 0) is 28.6 Å². The van der Waals surface area contributed by atoms with Crippen molar-refractivity contribution in [3.05, 3.63) is 48.6 Å². The molecule has 0 heterocycles. The number of unbranched alkanes of at least 4 members (excludes halogenated alkanes) is 26.